The van der Waals surface area contributed by atoms with E-state index in [1.54, 1.807) is 6.92 Å². The summed E-state index contributed by atoms with van der Waals surface area (Å²) in [4.78, 5) is 25.6. The van der Waals surface area contributed by atoms with Crippen LogP contribution in [0.4, 0.5) is 10.7 Å². The maximum Gasteiger partial charge on any atom is 0.350 e. The fourth-order valence-corrected chi connectivity index (χ4v) is 2.61. The topological polar surface area (TPSA) is 111 Å². The van der Waals surface area contributed by atoms with E-state index in [9.17, 15) is 9.59 Å². The Morgan fingerprint density at radius 3 is 2.52 bits per heavy atom. The maximum absolute atomic E-state index is 11.8. The number of carbonyl (C=O) groups excluding carboxylic acids is 2. The van der Waals surface area contributed by atoms with Crippen LogP contribution < -0.4 is 16.8 Å². The lowest BCUT2D eigenvalue weighted by Gasteiger charge is -2.20. The zero-order valence-corrected chi connectivity index (χ0v) is 13.5. The third kappa shape index (κ3) is 4.08. The summed E-state index contributed by atoms with van der Waals surface area (Å²) in [5.41, 5.74) is 11.4. The zero-order valence-electron chi connectivity index (χ0n) is 12.7. The van der Waals surface area contributed by atoms with Crippen molar-refractivity contribution < 1.29 is 14.3 Å². The van der Waals surface area contributed by atoms with Gasteiger partial charge in [0, 0.05) is 12.6 Å². The van der Waals surface area contributed by atoms with Crippen LogP contribution >= 0.6 is 11.3 Å². The Kier molecular flexibility index (Phi) is 5.98. The van der Waals surface area contributed by atoms with Crippen molar-refractivity contribution in [2.75, 3.05) is 38.3 Å². The number of thiophene rings is 1. The number of carbonyl (C=O) groups is 2. The van der Waals surface area contributed by atoms with Crippen LogP contribution in [0.1, 0.15) is 33.9 Å². The molecule has 1 aromatic rings. The molecule has 1 rings (SSSR count). The molecule has 0 aromatic carbocycles. The summed E-state index contributed by atoms with van der Waals surface area (Å²) in [5, 5.41) is 3.62. The van der Waals surface area contributed by atoms with E-state index in [0.29, 0.717) is 11.5 Å². The molecule has 0 bridgehead atoms. The van der Waals surface area contributed by atoms with E-state index in [2.05, 4.69) is 5.32 Å². The molecule has 8 heteroatoms. The van der Waals surface area contributed by atoms with Crippen LogP contribution in [0, 0.1) is 0 Å². The second-order valence-electron chi connectivity index (χ2n) is 4.83. The van der Waals surface area contributed by atoms with Gasteiger partial charge in [-0.1, -0.05) is 0 Å². The summed E-state index contributed by atoms with van der Waals surface area (Å²) in [6.07, 6.45) is 0. The second kappa shape index (κ2) is 7.28. The Morgan fingerprint density at radius 1 is 1.43 bits per heavy atom. The van der Waals surface area contributed by atoms with Crippen molar-refractivity contribution in [3.8, 4) is 0 Å². The van der Waals surface area contributed by atoms with Crippen molar-refractivity contribution in [2.45, 2.75) is 19.9 Å². The van der Waals surface area contributed by atoms with E-state index in [-0.39, 0.29) is 28.8 Å². The summed E-state index contributed by atoms with van der Waals surface area (Å²) in [7, 11) is 3.91. The molecule has 1 aromatic heterocycles. The summed E-state index contributed by atoms with van der Waals surface area (Å²) in [6, 6.07) is 0.236. The number of likely N-dealkylation sites (N-methyl/N-ethyl adjacent to an activating group) is 1. The molecule has 1 amide bonds. The number of ether oxygens (including phenoxy) is 1. The maximum atomic E-state index is 11.8. The van der Waals surface area contributed by atoms with Crippen molar-refractivity contribution in [2.24, 2.45) is 5.73 Å². The molecular weight excluding hydrogens is 292 g/mol. The van der Waals surface area contributed by atoms with Gasteiger partial charge in [-0.2, -0.15) is 0 Å². The lowest BCUT2D eigenvalue weighted by atomic mass is 10.2. The van der Waals surface area contributed by atoms with Crippen LogP contribution in [0.3, 0.4) is 0 Å². The normalized spacial score (nSPS) is 12.2. The van der Waals surface area contributed by atoms with Gasteiger partial charge in [0.15, 0.2) is 0 Å². The molecule has 0 aliphatic carbocycles. The molecule has 0 aliphatic heterocycles. The second-order valence-corrected chi connectivity index (χ2v) is 5.85. The van der Waals surface area contributed by atoms with Crippen LogP contribution in [-0.4, -0.2) is 50.1 Å². The summed E-state index contributed by atoms with van der Waals surface area (Å²) >= 11 is 1.09. The highest BCUT2D eigenvalue weighted by Gasteiger charge is 2.25. The lowest BCUT2D eigenvalue weighted by Crippen LogP contribution is -2.31. The first-order valence-corrected chi connectivity index (χ1v) is 7.40. The Balaban J connectivity index is 3.05. The zero-order chi connectivity index (χ0) is 16.2. The van der Waals surface area contributed by atoms with E-state index in [4.69, 9.17) is 16.2 Å². The number of nitrogens with one attached hydrogen (secondary N) is 1. The molecule has 7 nitrogen and oxygen atoms in total. The van der Waals surface area contributed by atoms with Crippen molar-refractivity contribution in [3.05, 3.63) is 10.4 Å². The number of hydrogen-bond donors (Lipinski definition) is 3. The number of esters is 1. The fraction of sp³-hybridized carbons (Fsp3) is 0.538. The van der Waals surface area contributed by atoms with Crippen molar-refractivity contribution >= 4 is 33.9 Å². The Bertz CT molecular complexity index is 528. The van der Waals surface area contributed by atoms with E-state index < -0.39 is 11.9 Å². The Hall–Kier alpha value is -1.80. The monoisotopic (exact) mass is 314 g/mol. The molecule has 0 radical (unpaired) electrons. The molecule has 1 unspecified atom stereocenters. The Morgan fingerprint density at radius 2 is 2.05 bits per heavy atom. The highest BCUT2D eigenvalue weighted by molar-refractivity contribution is 7.19. The number of rotatable bonds is 7. The fourth-order valence-electron chi connectivity index (χ4n) is 1.58. The standard InChI is InChI=1S/C13H22N4O3S/c1-5-20-13(19)10-9(14)8(11(15)18)12(21-10)16-6-7(2)17(3)4/h7,16H,5-6,14H2,1-4H3,(H2,15,18). The van der Waals surface area contributed by atoms with Gasteiger partial charge in [-0.3, -0.25) is 4.79 Å². The van der Waals surface area contributed by atoms with Gasteiger partial charge in [-0.05, 0) is 27.9 Å². The number of amides is 1. The molecule has 0 spiro atoms. The van der Waals surface area contributed by atoms with E-state index in [0.717, 1.165) is 11.3 Å². The quantitative estimate of drug-likeness (QED) is 0.647. The van der Waals surface area contributed by atoms with Crippen molar-refractivity contribution in [1.29, 1.82) is 0 Å². The predicted molar refractivity (Wildman–Crippen MR) is 84.8 cm³/mol. The highest BCUT2D eigenvalue weighted by Crippen LogP contribution is 2.36. The van der Waals surface area contributed by atoms with Gasteiger partial charge in [0.1, 0.15) is 9.88 Å². The van der Waals surface area contributed by atoms with E-state index in [1.165, 1.54) is 0 Å². The summed E-state index contributed by atoms with van der Waals surface area (Å²) in [6.45, 7) is 4.56. The largest absolute Gasteiger partial charge is 0.462 e. The molecule has 0 aliphatic rings. The van der Waals surface area contributed by atoms with Gasteiger partial charge in [-0.25, -0.2) is 4.79 Å². The number of nitrogens with zero attached hydrogens (tertiary/aromatic N) is 1. The minimum absolute atomic E-state index is 0.0750. The Labute approximate surface area is 128 Å². The van der Waals surface area contributed by atoms with Crippen LogP contribution in [0.25, 0.3) is 0 Å². The first-order chi connectivity index (χ1) is 9.79. The minimum Gasteiger partial charge on any atom is -0.462 e. The molecule has 21 heavy (non-hydrogen) atoms. The van der Waals surface area contributed by atoms with Crippen molar-refractivity contribution in [3.63, 3.8) is 0 Å². The predicted octanol–water partition coefficient (Wildman–Crippen LogP) is 0.968. The van der Waals surface area contributed by atoms with Gasteiger partial charge in [0.05, 0.1) is 17.9 Å². The molecule has 0 saturated heterocycles. The molecule has 1 atom stereocenters. The van der Waals surface area contributed by atoms with Crippen LogP contribution in [0.5, 0.6) is 0 Å². The number of primary amides is 1. The average molecular weight is 314 g/mol. The summed E-state index contributed by atoms with van der Waals surface area (Å²) < 4.78 is 4.92. The number of nitrogen functional groups attached to an aromatic ring is 1. The molecule has 5 N–H and O–H groups in total. The molecule has 0 fully saturated rings. The van der Waals surface area contributed by atoms with E-state index in [1.807, 2.05) is 25.9 Å². The van der Waals surface area contributed by atoms with Crippen LogP contribution in [0.15, 0.2) is 0 Å². The molecule has 1 heterocycles. The first kappa shape index (κ1) is 17.3. The molecule has 0 saturated carbocycles. The SMILES string of the molecule is CCOC(=O)c1sc(NCC(C)N(C)C)c(C(N)=O)c1N. The van der Waals surface area contributed by atoms with Gasteiger partial charge in [0.2, 0.25) is 0 Å². The third-order valence-electron chi connectivity index (χ3n) is 3.09. The lowest BCUT2D eigenvalue weighted by molar-refractivity contribution is 0.0533. The average Bonchev–Trinajstić information content (AvgIpc) is 2.73. The molecular formula is C13H22N4O3S. The highest BCUT2D eigenvalue weighted by atomic mass is 32.1. The van der Waals surface area contributed by atoms with Crippen molar-refractivity contribution in [1.82, 2.24) is 4.90 Å². The van der Waals surface area contributed by atoms with Gasteiger partial charge < -0.3 is 26.4 Å². The van der Waals surface area contributed by atoms with Gasteiger partial charge in [-0.15, -0.1) is 11.3 Å². The third-order valence-corrected chi connectivity index (χ3v) is 4.24. The number of anilines is 2. The minimum atomic E-state index is -0.667. The van der Waals surface area contributed by atoms with Gasteiger partial charge >= 0.3 is 5.97 Å². The van der Waals surface area contributed by atoms with Gasteiger partial charge in [0.25, 0.3) is 5.91 Å². The molecule has 118 valence electrons. The first-order valence-electron chi connectivity index (χ1n) is 6.59. The number of nitrogens with two attached hydrogens (primary N) is 2. The smallest absolute Gasteiger partial charge is 0.350 e. The number of hydrogen-bond acceptors (Lipinski definition) is 7. The van der Waals surface area contributed by atoms with Crippen LogP contribution in [-0.2, 0) is 4.74 Å². The summed E-state index contributed by atoms with van der Waals surface area (Å²) in [5.74, 6) is -1.21. The van der Waals surface area contributed by atoms with E-state index >= 15 is 0 Å². The van der Waals surface area contributed by atoms with Crippen LogP contribution in [0.2, 0.25) is 0 Å².